The van der Waals surface area contributed by atoms with Crippen LogP contribution in [0.1, 0.15) is 47.0 Å². The van der Waals surface area contributed by atoms with Gasteiger partial charge in [-0.1, -0.05) is 42.6 Å². The monoisotopic (exact) mass is 263 g/mol. The maximum absolute atomic E-state index is 11.4. The molecule has 0 aliphatic carbocycles. The number of halogens is 1. The molecule has 0 spiro atoms. The maximum Gasteiger partial charge on any atom is 0.236 e. The number of amides is 1. The molecule has 0 aromatic carbocycles. The van der Waals surface area contributed by atoms with Gasteiger partial charge in [0.15, 0.2) is 0 Å². The van der Waals surface area contributed by atoms with E-state index in [1.54, 1.807) is 0 Å². The first-order valence-corrected chi connectivity index (χ1v) is 6.10. The zero-order valence-corrected chi connectivity index (χ0v) is 11.3. The molecule has 0 bridgehead atoms. The molecule has 0 aromatic rings. The third-order valence-corrected chi connectivity index (χ3v) is 2.39. The number of unbranched alkanes of at least 4 members (excludes halogenated alkanes) is 1. The lowest BCUT2D eigenvalue weighted by Crippen LogP contribution is -2.37. The lowest BCUT2D eigenvalue weighted by Gasteiger charge is -2.15. The van der Waals surface area contributed by atoms with Gasteiger partial charge in [0.25, 0.3) is 0 Å². The van der Waals surface area contributed by atoms with Crippen LogP contribution in [0.15, 0.2) is 0 Å². The first-order chi connectivity index (χ1) is 6.34. The number of alkyl halides is 1. The van der Waals surface area contributed by atoms with E-state index in [1.165, 1.54) is 12.8 Å². The molecule has 0 aliphatic heterocycles. The Morgan fingerprint density at radius 3 is 2.36 bits per heavy atom. The fourth-order valence-electron chi connectivity index (χ4n) is 1.09. The van der Waals surface area contributed by atoms with Gasteiger partial charge in [0.2, 0.25) is 5.91 Å². The Hall–Kier alpha value is -0.0500. The zero-order valence-electron chi connectivity index (χ0n) is 9.69. The normalized spacial score (nSPS) is 11.9. The molecule has 0 unspecified atom stereocenters. The van der Waals surface area contributed by atoms with Gasteiger partial charge < -0.3 is 5.32 Å². The smallest absolute Gasteiger partial charge is 0.236 e. The summed E-state index contributed by atoms with van der Waals surface area (Å²) >= 11 is 3.32. The Morgan fingerprint density at radius 2 is 1.93 bits per heavy atom. The summed E-state index contributed by atoms with van der Waals surface area (Å²) in [5.41, 5.74) is 0. The van der Waals surface area contributed by atoms with Crippen LogP contribution in [0.5, 0.6) is 0 Å². The molecule has 0 heterocycles. The fraction of sp³-hybridized carbons (Fsp3) is 0.909. The van der Waals surface area contributed by atoms with Crippen molar-refractivity contribution in [3.63, 3.8) is 0 Å². The predicted octanol–water partition coefficient (Wildman–Crippen LogP) is 3.10. The Kier molecular flexibility index (Phi) is 6.41. The van der Waals surface area contributed by atoms with Crippen LogP contribution in [-0.2, 0) is 4.79 Å². The van der Waals surface area contributed by atoms with Crippen molar-refractivity contribution in [3.8, 4) is 0 Å². The number of hydrogen-bond acceptors (Lipinski definition) is 1. The van der Waals surface area contributed by atoms with Crippen molar-refractivity contribution in [2.24, 2.45) is 5.92 Å². The van der Waals surface area contributed by atoms with E-state index in [4.69, 9.17) is 0 Å². The van der Waals surface area contributed by atoms with E-state index in [0.717, 1.165) is 18.9 Å². The van der Waals surface area contributed by atoms with Gasteiger partial charge in [-0.15, -0.1) is 0 Å². The number of carbonyl (C=O) groups is 1. The molecule has 0 saturated carbocycles. The number of nitrogens with one attached hydrogen (secondary N) is 1. The highest BCUT2D eigenvalue weighted by molar-refractivity contribution is 9.10. The van der Waals surface area contributed by atoms with E-state index in [1.807, 2.05) is 13.8 Å². The van der Waals surface area contributed by atoms with E-state index in [9.17, 15) is 4.79 Å². The largest absolute Gasteiger partial charge is 0.355 e. The molecule has 2 nitrogen and oxygen atoms in total. The molecule has 1 N–H and O–H groups in total. The van der Waals surface area contributed by atoms with Crippen LogP contribution in [0.3, 0.4) is 0 Å². The first-order valence-electron chi connectivity index (χ1n) is 5.31. The summed E-state index contributed by atoms with van der Waals surface area (Å²) in [5.74, 6) is 0.834. The molecule has 1 amide bonds. The molecule has 0 aliphatic rings. The quantitative estimate of drug-likeness (QED) is 0.579. The summed E-state index contributed by atoms with van der Waals surface area (Å²) in [5, 5.41) is 2.91. The molecule has 84 valence electrons. The molecule has 0 rings (SSSR count). The highest BCUT2D eigenvalue weighted by atomic mass is 79.9. The molecular formula is C11H22BrNO. The minimum absolute atomic E-state index is 0.0713. The summed E-state index contributed by atoms with van der Waals surface area (Å²) in [4.78, 5) is 11.4. The third kappa shape index (κ3) is 7.36. The number of rotatable bonds is 6. The molecule has 0 fully saturated rings. The maximum atomic E-state index is 11.4. The van der Waals surface area contributed by atoms with Gasteiger partial charge in [-0.25, -0.2) is 0 Å². The summed E-state index contributed by atoms with van der Waals surface area (Å²) < 4.78 is -0.439. The lowest BCUT2D eigenvalue weighted by atomic mass is 10.1. The van der Waals surface area contributed by atoms with Crippen molar-refractivity contribution >= 4 is 21.8 Å². The topological polar surface area (TPSA) is 29.1 Å². The minimum Gasteiger partial charge on any atom is -0.355 e. The average molecular weight is 264 g/mol. The summed E-state index contributed by atoms with van der Waals surface area (Å²) in [6, 6.07) is 0. The van der Waals surface area contributed by atoms with Crippen molar-refractivity contribution in [1.82, 2.24) is 5.32 Å². The predicted molar refractivity (Wildman–Crippen MR) is 64.7 cm³/mol. The van der Waals surface area contributed by atoms with Crippen LogP contribution in [0.25, 0.3) is 0 Å². The van der Waals surface area contributed by atoms with Gasteiger partial charge in [0, 0.05) is 6.54 Å². The van der Waals surface area contributed by atoms with E-state index >= 15 is 0 Å². The van der Waals surface area contributed by atoms with E-state index in [0.29, 0.717) is 0 Å². The van der Waals surface area contributed by atoms with Crippen LogP contribution >= 0.6 is 15.9 Å². The molecule has 0 radical (unpaired) electrons. The third-order valence-electron chi connectivity index (χ3n) is 2.03. The molecule has 0 atom stereocenters. The van der Waals surface area contributed by atoms with Crippen LogP contribution in [0.4, 0.5) is 0 Å². The van der Waals surface area contributed by atoms with Crippen LogP contribution in [-0.4, -0.2) is 16.8 Å². The van der Waals surface area contributed by atoms with Crippen LogP contribution in [0, 0.1) is 5.92 Å². The number of carbonyl (C=O) groups excluding carboxylic acids is 1. The van der Waals surface area contributed by atoms with Crippen molar-refractivity contribution < 1.29 is 4.79 Å². The first kappa shape index (κ1) is 13.9. The second-order valence-corrected chi connectivity index (χ2v) is 6.60. The number of hydrogen-bond donors (Lipinski definition) is 1. The Balaban J connectivity index is 3.42. The summed E-state index contributed by atoms with van der Waals surface area (Å²) in [6.07, 6.45) is 3.52. The highest BCUT2D eigenvalue weighted by Crippen LogP contribution is 2.15. The van der Waals surface area contributed by atoms with E-state index in [2.05, 4.69) is 35.1 Å². The molecular weight excluding hydrogens is 242 g/mol. The van der Waals surface area contributed by atoms with E-state index in [-0.39, 0.29) is 5.91 Å². The van der Waals surface area contributed by atoms with Crippen molar-refractivity contribution in [2.75, 3.05) is 6.54 Å². The van der Waals surface area contributed by atoms with Crippen LogP contribution < -0.4 is 5.32 Å². The summed E-state index contributed by atoms with van der Waals surface area (Å²) in [7, 11) is 0. The second-order valence-electron chi connectivity index (χ2n) is 4.62. The van der Waals surface area contributed by atoms with Gasteiger partial charge in [-0.05, 0) is 26.2 Å². The zero-order chi connectivity index (χ0) is 11.2. The van der Waals surface area contributed by atoms with Gasteiger partial charge >= 0.3 is 0 Å². The second kappa shape index (κ2) is 6.44. The van der Waals surface area contributed by atoms with E-state index < -0.39 is 4.32 Å². The minimum atomic E-state index is -0.439. The van der Waals surface area contributed by atoms with Gasteiger partial charge in [0.1, 0.15) is 0 Å². The van der Waals surface area contributed by atoms with Crippen LogP contribution in [0.2, 0.25) is 0 Å². The molecule has 3 heteroatoms. The standard InChI is InChI=1S/C11H22BrNO/c1-9(2)7-5-6-8-13-10(14)11(3,4)12/h9H,5-8H2,1-4H3,(H,13,14). The Morgan fingerprint density at radius 1 is 1.36 bits per heavy atom. The highest BCUT2D eigenvalue weighted by Gasteiger charge is 2.22. The lowest BCUT2D eigenvalue weighted by molar-refractivity contribution is -0.122. The van der Waals surface area contributed by atoms with Gasteiger partial charge in [-0.3, -0.25) is 4.79 Å². The molecule has 0 aromatic heterocycles. The fourth-order valence-corrected chi connectivity index (χ4v) is 1.23. The average Bonchev–Trinajstić information content (AvgIpc) is 2.01. The molecule has 14 heavy (non-hydrogen) atoms. The molecule has 0 saturated heterocycles. The summed E-state index contributed by atoms with van der Waals surface area (Å²) in [6.45, 7) is 8.95. The SMILES string of the molecule is CC(C)CCCCNC(=O)C(C)(C)Br. The van der Waals surface area contributed by atoms with Gasteiger partial charge in [-0.2, -0.15) is 0 Å². The van der Waals surface area contributed by atoms with Crippen molar-refractivity contribution in [3.05, 3.63) is 0 Å². The van der Waals surface area contributed by atoms with Crippen molar-refractivity contribution in [1.29, 1.82) is 0 Å². The Labute approximate surface area is 96.0 Å². The Bertz CT molecular complexity index is 173. The van der Waals surface area contributed by atoms with Crippen molar-refractivity contribution in [2.45, 2.75) is 51.3 Å². The van der Waals surface area contributed by atoms with Gasteiger partial charge in [0.05, 0.1) is 4.32 Å².